The lowest BCUT2D eigenvalue weighted by Crippen LogP contribution is -2.07. The molecule has 0 aromatic carbocycles. The second kappa shape index (κ2) is 4.75. The van der Waals surface area contributed by atoms with Crippen molar-refractivity contribution in [3.63, 3.8) is 0 Å². The molecule has 0 spiro atoms. The lowest BCUT2D eigenvalue weighted by Gasteiger charge is -2.05. The van der Waals surface area contributed by atoms with Crippen molar-refractivity contribution in [2.75, 3.05) is 0 Å². The van der Waals surface area contributed by atoms with Crippen molar-refractivity contribution >= 4 is 11.6 Å². The van der Waals surface area contributed by atoms with E-state index in [9.17, 15) is 4.79 Å². The van der Waals surface area contributed by atoms with Crippen LogP contribution in [-0.4, -0.2) is 11.6 Å². The zero-order chi connectivity index (χ0) is 9.68. The van der Waals surface area contributed by atoms with E-state index in [1.165, 1.54) is 12.8 Å². The van der Waals surface area contributed by atoms with Gasteiger partial charge in [0.15, 0.2) is 0 Å². The van der Waals surface area contributed by atoms with Gasteiger partial charge >= 0.3 is 0 Å². The van der Waals surface area contributed by atoms with E-state index >= 15 is 0 Å². The zero-order valence-corrected chi connectivity index (χ0v) is 8.05. The number of hydrogen-bond acceptors (Lipinski definition) is 1. The molecule has 0 aliphatic carbocycles. The molecule has 0 N–H and O–H groups in total. The maximum atomic E-state index is 11.1. The molecule has 0 saturated heterocycles. The van der Waals surface area contributed by atoms with Crippen LogP contribution in [0.2, 0.25) is 0 Å². The number of hydrogen-bond donors (Lipinski definition) is 0. The normalized spacial score (nSPS) is 16.2. The molecule has 1 amide bonds. The summed E-state index contributed by atoms with van der Waals surface area (Å²) in [4.78, 5) is 15.0. The monoisotopic (exact) mass is 177 g/mol. The fourth-order valence-electron chi connectivity index (χ4n) is 1.20. The van der Waals surface area contributed by atoms with Gasteiger partial charge in [0.05, 0.1) is 0 Å². The van der Waals surface area contributed by atoms with E-state index in [1.54, 1.807) is 6.08 Å². The SMILES string of the molecule is C=C1C=CC(CCCCC)=NC1=O. The maximum absolute atomic E-state index is 11.1. The highest BCUT2D eigenvalue weighted by atomic mass is 16.1. The van der Waals surface area contributed by atoms with Gasteiger partial charge < -0.3 is 0 Å². The largest absolute Gasteiger partial charge is 0.276 e. The molecule has 0 aromatic rings. The molecule has 1 aliphatic rings. The van der Waals surface area contributed by atoms with Crippen molar-refractivity contribution in [2.45, 2.75) is 32.6 Å². The Bertz CT molecular complexity index is 274. The van der Waals surface area contributed by atoms with Crippen LogP contribution in [0.1, 0.15) is 32.6 Å². The fourth-order valence-corrected chi connectivity index (χ4v) is 1.20. The van der Waals surface area contributed by atoms with Crippen molar-refractivity contribution in [3.05, 3.63) is 24.3 Å². The second-order valence-corrected chi connectivity index (χ2v) is 3.22. The third-order valence-corrected chi connectivity index (χ3v) is 2.03. The molecule has 0 radical (unpaired) electrons. The number of nitrogens with zero attached hydrogens (tertiary/aromatic N) is 1. The number of dihydropyridines is 1. The molecule has 2 nitrogen and oxygen atoms in total. The van der Waals surface area contributed by atoms with Gasteiger partial charge in [-0.2, -0.15) is 0 Å². The molecular weight excluding hydrogens is 162 g/mol. The summed E-state index contributed by atoms with van der Waals surface area (Å²) in [5.41, 5.74) is 1.38. The minimum atomic E-state index is -0.186. The topological polar surface area (TPSA) is 29.4 Å². The van der Waals surface area contributed by atoms with Gasteiger partial charge in [0.1, 0.15) is 0 Å². The Morgan fingerprint density at radius 1 is 1.38 bits per heavy atom. The Kier molecular flexibility index (Phi) is 3.62. The average molecular weight is 177 g/mol. The number of aliphatic imine (C=N–C) groups is 1. The molecule has 0 aromatic heterocycles. The summed E-state index contributed by atoms with van der Waals surface area (Å²) in [6.07, 6.45) is 8.04. The zero-order valence-electron chi connectivity index (χ0n) is 8.05. The van der Waals surface area contributed by atoms with Crippen molar-refractivity contribution in [3.8, 4) is 0 Å². The average Bonchev–Trinajstić information content (AvgIpc) is 2.12. The summed E-state index contributed by atoms with van der Waals surface area (Å²) in [7, 11) is 0. The lowest BCUT2D eigenvalue weighted by molar-refractivity contribution is -0.114. The smallest absolute Gasteiger partial charge is 0.267 e. The van der Waals surface area contributed by atoms with Gasteiger partial charge in [0, 0.05) is 11.3 Å². The lowest BCUT2D eigenvalue weighted by atomic mass is 10.1. The highest BCUT2D eigenvalue weighted by Crippen LogP contribution is 2.09. The van der Waals surface area contributed by atoms with E-state index in [0.717, 1.165) is 18.6 Å². The predicted molar refractivity (Wildman–Crippen MR) is 54.9 cm³/mol. The molecule has 13 heavy (non-hydrogen) atoms. The van der Waals surface area contributed by atoms with E-state index in [1.807, 2.05) is 6.08 Å². The first kappa shape index (κ1) is 9.90. The molecule has 0 saturated carbocycles. The van der Waals surface area contributed by atoms with Crippen LogP contribution in [0, 0.1) is 0 Å². The Morgan fingerprint density at radius 3 is 2.77 bits per heavy atom. The van der Waals surface area contributed by atoms with Crippen LogP contribution in [0.5, 0.6) is 0 Å². The predicted octanol–water partition coefficient (Wildman–Crippen LogP) is 2.66. The van der Waals surface area contributed by atoms with Crippen LogP contribution in [0.4, 0.5) is 0 Å². The minimum Gasteiger partial charge on any atom is -0.267 e. The van der Waals surface area contributed by atoms with Gasteiger partial charge in [-0.15, -0.1) is 0 Å². The van der Waals surface area contributed by atoms with Crippen molar-refractivity contribution in [2.24, 2.45) is 4.99 Å². The van der Waals surface area contributed by atoms with Crippen LogP contribution < -0.4 is 0 Å². The summed E-state index contributed by atoms with van der Waals surface area (Å²) in [6.45, 7) is 5.74. The fraction of sp³-hybridized carbons (Fsp3) is 0.455. The Balaban J connectivity index is 2.44. The van der Waals surface area contributed by atoms with E-state index in [0.29, 0.717) is 5.57 Å². The molecule has 0 atom stereocenters. The van der Waals surface area contributed by atoms with Crippen LogP contribution >= 0.6 is 0 Å². The first-order valence-corrected chi connectivity index (χ1v) is 4.73. The van der Waals surface area contributed by atoms with Crippen LogP contribution in [0.25, 0.3) is 0 Å². The summed E-state index contributed by atoms with van der Waals surface area (Å²) in [5, 5.41) is 0. The summed E-state index contributed by atoms with van der Waals surface area (Å²) >= 11 is 0. The number of carbonyl (C=O) groups excluding carboxylic acids is 1. The van der Waals surface area contributed by atoms with Crippen molar-refractivity contribution in [1.29, 1.82) is 0 Å². The quantitative estimate of drug-likeness (QED) is 0.479. The van der Waals surface area contributed by atoms with Gasteiger partial charge in [-0.1, -0.05) is 26.3 Å². The molecule has 1 aliphatic heterocycles. The highest BCUT2D eigenvalue weighted by Gasteiger charge is 2.08. The number of allylic oxidation sites excluding steroid dienone is 1. The van der Waals surface area contributed by atoms with Gasteiger partial charge in [0.2, 0.25) is 0 Å². The molecule has 0 bridgehead atoms. The van der Waals surface area contributed by atoms with Crippen LogP contribution in [-0.2, 0) is 4.79 Å². The molecule has 0 fully saturated rings. The molecule has 70 valence electrons. The van der Waals surface area contributed by atoms with Crippen LogP contribution in [0.15, 0.2) is 29.3 Å². The maximum Gasteiger partial charge on any atom is 0.276 e. The van der Waals surface area contributed by atoms with Crippen molar-refractivity contribution < 1.29 is 4.79 Å². The Hall–Kier alpha value is -1.18. The first-order valence-electron chi connectivity index (χ1n) is 4.73. The molecule has 1 heterocycles. The summed E-state index contributed by atoms with van der Waals surface area (Å²) < 4.78 is 0. The molecule has 0 unspecified atom stereocenters. The minimum absolute atomic E-state index is 0.186. The van der Waals surface area contributed by atoms with Crippen LogP contribution in [0.3, 0.4) is 0 Å². The number of carbonyl (C=O) groups is 1. The third-order valence-electron chi connectivity index (χ3n) is 2.03. The standard InChI is InChI=1S/C11H15NO/c1-3-4-5-6-10-8-7-9(2)11(13)12-10/h7-8H,2-6H2,1H3. The number of unbranched alkanes of at least 4 members (excludes halogenated alkanes) is 2. The van der Waals surface area contributed by atoms with E-state index in [4.69, 9.17) is 0 Å². The first-order chi connectivity index (χ1) is 6.24. The van der Waals surface area contributed by atoms with E-state index in [2.05, 4.69) is 18.5 Å². The number of rotatable bonds is 4. The third kappa shape index (κ3) is 2.98. The van der Waals surface area contributed by atoms with Gasteiger partial charge in [-0.3, -0.25) is 4.79 Å². The molecular formula is C11H15NO. The highest BCUT2D eigenvalue weighted by molar-refractivity contribution is 6.12. The van der Waals surface area contributed by atoms with Gasteiger partial charge in [-0.05, 0) is 25.0 Å². The molecule has 2 heteroatoms. The Morgan fingerprint density at radius 2 is 2.15 bits per heavy atom. The van der Waals surface area contributed by atoms with E-state index in [-0.39, 0.29) is 5.91 Å². The summed E-state index contributed by atoms with van der Waals surface area (Å²) in [5.74, 6) is -0.186. The van der Waals surface area contributed by atoms with Gasteiger partial charge in [0.25, 0.3) is 5.91 Å². The molecule has 1 rings (SSSR count). The number of amides is 1. The summed E-state index contributed by atoms with van der Waals surface area (Å²) in [6, 6.07) is 0. The Labute approximate surface area is 79.1 Å². The van der Waals surface area contributed by atoms with Crippen molar-refractivity contribution in [1.82, 2.24) is 0 Å². The second-order valence-electron chi connectivity index (χ2n) is 3.22. The van der Waals surface area contributed by atoms with E-state index < -0.39 is 0 Å². The van der Waals surface area contributed by atoms with Gasteiger partial charge in [-0.25, -0.2) is 4.99 Å².